The van der Waals surface area contributed by atoms with E-state index in [0.717, 1.165) is 25.7 Å². The van der Waals surface area contributed by atoms with E-state index in [1.54, 1.807) is 0 Å². The third-order valence-corrected chi connectivity index (χ3v) is 5.03. The smallest absolute Gasteiger partial charge is 0.0546 e. The summed E-state index contributed by atoms with van der Waals surface area (Å²) in [4.78, 5) is 2.72. The Hall–Kier alpha value is -0.120. The van der Waals surface area contributed by atoms with Crippen LogP contribution < -0.4 is 5.32 Å². The van der Waals surface area contributed by atoms with Crippen LogP contribution in [0, 0.1) is 11.3 Å². The molecule has 118 valence electrons. The number of nitrogens with one attached hydrogen (secondary N) is 1. The van der Waals surface area contributed by atoms with Crippen molar-refractivity contribution in [3.63, 3.8) is 0 Å². The Morgan fingerprint density at radius 1 is 1.35 bits per heavy atom. The molecule has 0 aromatic rings. The number of ether oxygens (including phenoxy) is 1. The van der Waals surface area contributed by atoms with Gasteiger partial charge in [0.1, 0.15) is 0 Å². The summed E-state index contributed by atoms with van der Waals surface area (Å²) in [5.74, 6) is 0.920. The van der Waals surface area contributed by atoms with Crippen LogP contribution in [0.3, 0.4) is 0 Å². The van der Waals surface area contributed by atoms with Crippen LogP contribution in [0.1, 0.15) is 52.9 Å². The summed E-state index contributed by atoms with van der Waals surface area (Å²) in [5, 5.41) is 3.66. The highest BCUT2D eigenvalue weighted by molar-refractivity contribution is 4.89. The van der Waals surface area contributed by atoms with E-state index in [1.807, 2.05) is 0 Å². The molecule has 0 aliphatic carbocycles. The summed E-state index contributed by atoms with van der Waals surface area (Å²) in [7, 11) is 0. The van der Waals surface area contributed by atoms with Gasteiger partial charge in [0.25, 0.3) is 0 Å². The Balaban J connectivity index is 1.92. The monoisotopic (exact) mass is 282 g/mol. The second-order valence-electron chi connectivity index (χ2n) is 7.34. The fourth-order valence-electron chi connectivity index (χ4n) is 3.75. The molecule has 1 N–H and O–H groups in total. The number of piperidine rings is 1. The lowest BCUT2D eigenvalue weighted by Gasteiger charge is -2.43. The Morgan fingerprint density at radius 2 is 2.20 bits per heavy atom. The van der Waals surface area contributed by atoms with Crippen LogP contribution in [0.4, 0.5) is 0 Å². The van der Waals surface area contributed by atoms with Gasteiger partial charge in [0.2, 0.25) is 0 Å². The summed E-state index contributed by atoms with van der Waals surface area (Å²) in [5.41, 5.74) is 0.345. The molecule has 2 aliphatic rings. The van der Waals surface area contributed by atoms with Crippen LogP contribution in [0.5, 0.6) is 0 Å². The minimum Gasteiger partial charge on any atom is -0.381 e. The molecule has 0 aromatic carbocycles. The predicted molar refractivity (Wildman–Crippen MR) is 85.1 cm³/mol. The Labute approximate surface area is 125 Å². The highest BCUT2D eigenvalue weighted by Crippen LogP contribution is 2.31. The lowest BCUT2D eigenvalue weighted by atomic mass is 9.80. The SMILES string of the molecule is CCC1CCCN(CC2(CNC(C)C)CCCOC2)C1. The lowest BCUT2D eigenvalue weighted by molar-refractivity contribution is -0.0328. The molecule has 3 nitrogen and oxygen atoms in total. The molecule has 2 unspecified atom stereocenters. The molecule has 0 aromatic heterocycles. The zero-order valence-electron chi connectivity index (χ0n) is 13.8. The van der Waals surface area contributed by atoms with Gasteiger partial charge in [0.05, 0.1) is 6.61 Å². The molecule has 2 saturated heterocycles. The van der Waals surface area contributed by atoms with E-state index in [2.05, 4.69) is 31.0 Å². The van der Waals surface area contributed by atoms with Crippen molar-refractivity contribution in [1.82, 2.24) is 10.2 Å². The number of hydrogen-bond acceptors (Lipinski definition) is 3. The molecule has 2 atom stereocenters. The Kier molecular flexibility index (Phi) is 6.31. The molecular formula is C17H34N2O. The standard InChI is InChI=1S/C17H34N2O/c1-4-16-7-5-9-19(11-16)13-17(12-18-15(2)3)8-6-10-20-14-17/h15-16,18H,4-14H2,1-3H3. The van der Waals surface area contributed by atoms with E-state index in [4.69, 9.17) is 4.74 Å². The molecule has 0 amide bonds. The maximum absolute atomic E-state index is 5.85. The van der Waals surface area contributed by atoms with E-state index in [-0.39, 0.29) is 0 Å². The van der Waals surface area contributed by atoms with Gasteiger partial charge < -0.3 is 15.0 Å². The van der Waals surface area contributed by atoms with Crippen molar-refractivity contribution in [2.45, 2.75) is 58.9 Å². The van der Waals surface area contributed by atoms with Gasteiger partial charge in [0, 0.05) is 37.7 Å². The molecule has 2 fully saturated rings. The van der Waals surface area contributed by atoms with Gasteiger partial charge in [-0.1, -0.05) is 27.2 Å². The third kappa shape index (κ3) is 4.71. The van der Waals surface area contributed by atoms with Gasteiger partial charge >= 0.3 is 0 Å². The van der Waals surface area contributed by atoms with Crippen LogP contribution in [-0.4, -0.2) is 50.3 Å². The summed E-state index contributed by atoms with van der Waals surface area (Å²) >= 11 is 0. The average molecular weight is 282 g/mol. The first-order valence-electron chi connectivity index (χ1n) is 8.67. The van der Waals surface area contributed by atoms with Crippen molar-refractivity contribution < 1.29 is 4.74 Å². The van der Waals surface area contributed by atoms with Crippen molar-refractivity contribution in [2.75, 3.05) is 39.4 Å². The molecule has 0 bridgehead atoms. The fraction of sp³-hybridized carbons (Fsp3) is 1.00. The first kappa shape index (κ1) is 16.3. The van der Waals surface area contributed by atoms with Gasteiger partial charge in [0.15, 0.2) is 0 Å². The Bertz CT molecular complexity index is 274. The topological polar surface area (TPSA) is 24.5 Å². The van der Waals surface area contributed by atoms with Crippen molar-refractivity contribution in [3.8, 4) is 0 Å². The molecule has 0 saturated carbocycles. The summed E-state index contributed by atoms with van der Waals surface area (Å²) in [6, 6.07) is 0.568. The second kappa shape index (κ2) is 7.77. The van der Waals surface area contributed by atoms with E-state index in [1.165, 1.54) is 51.7 Å². The van der Waals surface area contributed by atoms with Crippen LogP contribution >= 0.6 is 0 Å². The van der Waals surface area contributed by atoms with Crippen molar-refractivity contribution in [2.24, 2.45) is 11.3 Å². The maximum Gasteiger partial charge on any atom is 0.0546 e. The lowest BCUT2D eigenvalue weighted by Crippen LogP contribution is -2.51. The average Bonchev–Trinajstić information content (AvgIpc) is 2.46. The van der Waals surface area contributed by atoms with Crippen LogP contribution in [-0.2, 0) is 4.74 Å². The minimum atomic E-state index is 0.345. The molecule has 2 aliphatic heterocycles. The predicted octanol–water partition coefficient (Wildman–Crippen LogP) is 2.90. The van der Waals surface area contributed by atoms with Crippen molar-refractivity contribution in [3.05, 3.63) is 0 Å². The number of nitrogens with zero attached hydrogens (tertiary/aromatic N) is 1. The zero-order chi connectivity index (χ0) is 14.4. The third-order valence-electron chi connectivity index (χ3n) is 5.03. The van der Waals surface area contributed by atoms with E-state index >= 15 is 0 Å². The normalized spacial score (nSPS) is 32.7. The number of hydrogen-bond donors (Lipinski definition) is 1. The van der Waals surface area contributed by atoms with Crippen molar-refractivity contribution in [1.29, 1.82) is 0 Å². The zero-order valence-corrected chi connectivity index (χ0v) is 13.8. The van der Waals surface area contributed by atoms with Gasteiger partial charge in [-0.3, -0.25) is 0 Å². The van der Waals surface area contributed by atoms with Crippen LogP contribution in [0.25, 0.3) is 0 Å². The number of rotatable bonds is 6. The molecule has 20 heavy (non-hydrogen) atoms. The van der Waals surface area contributed by atoms with Gasteiger partial charge in [-0.25, -0.2) is 0 Å². The quantitative estimate of drug-likeness (QED) is 0.811. The fourth-order valence-corrected chi connectivity index (χ4v) is 3.75. The molecule has 3 heteroatoms. The first-order valence-corrected chi connectivity index (χ1v) is 8.67. The molecule has 0 spiro atoms. The summed E-state index contributed by atoms with van der Waals surface area (Å²) in [6.07, 6.45) is 6.70. The molecule has 0 radical (unpaired) electrons. The highest BCUT2D eigenvalue weighted by Gasteiger charge is 2.35. The van der Waals surface area contributed by atoms with Gasteiger partial charge in [-0.05, 0) is 38.1 Å². The minimum absolute atomic E-state index is 0.345. The highest BCUT2D eigenvalue weighted by atomic mass is 16.5. The Morgan fingerprint density at radius 3 is 2.85 bits per heavy atom. The van der Waals surface area contributed by atoms with Gasteiger partial charge in [-0.15, -0.1) is 0 Å². The largest absolute Gasteiger partial charge is 0.381 e. The molecule has 2 heterocycles. The van der Waals surface area contributed by atoms with Crippen LogP contribution in [0.2, 0.25) is 0 Å². The van der Waals surface area contributed by atoms with Crippen LogP contribution in [0.15, 0.2) is 0 Å². The van der Waals surface area contributed by atoms with Crippen molar-refractivity contribution >= 4 is 0 Å². The number of likely N-dealkylation sites (tertiary alicyclic amines) is 1. The second-order valence-corrected chi connectivity index (χ2v) is 7.34. The molecule has 2 rings (SSSR count). The molecular weight excluding hydrogens is 248 g/mol. The van der Waals surface area contributed by atoms with E-state index in [0.29, 0.717) is 11.5 Å². The van der Waals surface area contributed by atoms with Gasteiger partial charge in [-0.2, -0.15) is 0 Å². The maximum atomic E-state index is 5.85. The first-order chi connectivity index (χ1) is 9.63. The van der Waals surface area contributed by atoms with E-state index in [9.17, 15) is 0 Å². The summed E-state index contributed by atoms with van der Waals surface area (Å²) < 4.78 is 5.85. The van der Waals surface area contributed by atoms with E-state index < -0.39 is 0 Å². The summed E-state index contributed by atoms with van der Waals surface area (Å²) in [6.45, 7) is 13.7.